The zero-order valence-electron chi connectivity index (χ0n) is 17.3. The second-order valence-corrected chi connectivity index (χ2v) is 8.58. The lowest BCUT2D eigenvalue weighted by Gasteiger charge is -2.32. The van der Waals surface area contributed by atoms with Gasteiger partial charge in [0, 0.05) is 48.8 Å². The predicted octanol–water partition coefficient (Wildman–Crippen LogP) is 2.83. The fourth-order valence-electron chi connectivity index (χ4n) is 3.98. The van der Waals surface area contributed by atoms with Crippen LogP contribution < -0.4 is 11.1 Å². The van der Waals surface area contributed by atoms with E-state index in [4.69, 9.17) is 0 Å². The Morgan fingerprint density at radius 1 is 1.20 bits per heavy atom. The van der Waals surface area contributed by atoms with Gasteiger partial charge >= 0.3 is 0 Å². The molecule has 0 atom stereocenters. The van der Waals surface area contributed by atoms with Crippen LogP contribution in [0, 0.1) is 13.8 Å². The van der Waals surface area contributed by atoms with Crippen molar-refractivity contribution in [3.8, 4) is 11.3 Å². The van der Waals surface area contributed by atoms with Crippen molar-refractivity contribution in [1.29, 1.82) is 0 Å². The number of rotatable bonds is 3. The van der Waals surface area contributed by atoms with Crippen molar-refractivity contribution in [2.24, 2.45) is 7.05 Å². The van der Waals surface area contributed by atoms with Crippen LogP contribution in [0.15, 0.2) is 38.5 Å². The number of aryl methyl sites for hydroxylation is 2. The van der Waals surface area contributed by atoms with E-state index in [1.165, 1.54) is 10.6 Å². The van der Waals surface area contributed by atoms with Crippen LogP contribution in [-0.4, -0.2) is 38.4 Å². The van der Waals surface area contributed by atoms with Crippen molar-refractivity contribution in [1.82, 2.24) is 19.4 Å². The second-order valence-electron chi connectivity index (χ2n) is 7.80. The molecule has 1 aliphatic heterocycles. The van der Waals surface area contributed by atoms with Crippen LogP contribution in [0.4, 0.5) is 0 Å². The van der Waals surface area contributed by atoms with E-state index in [0.29, 0.717) is 43.0 Å². The Kier molecular flexibility index (Phi) is 5.42. The Morgan fingerprint density at radius 3 is 2.60 bits per heavy atom. The SMILES string of the molecule is Cc1cc(C)n(C)c(=O)c1C(=O)N1CCC(c2nc(-c3ccsc3)cc(=O)[nH]2)CC1. The lowest BCUT2D eigenvalue weighted by Crippen LogP contribution is -2.42. The molecule has 1 N–H and O–H groups in total. The van der Waals surface area contributed by atoms with Gasteiger partial charge in [0.15, 0.2) is 0 Å². The highest BCUT2D eigenvalue weighted by atomic mass is 32.1. The summed E-state index contributed by atoms with van der Waals surface area (Å²) in [5.74, 6) is 0.514. The fourth-order valence-corrected chi connectivity index (χ4v) is 4.63. The summed E-state index contributed by atoms with van der Waals surface area (Å²) in [5, 5.41) is 3.93. The number of nitrogens with zero attached hydrogens (tertiary/aromatic N) is 3. The van der Waals surface area contributed by atoms with Gasteiger partial charge in [-0.1, -0.05) is 0 Å². The summed E-state index contributed by atoms with van der Waals surface area (Å²) < 4.78 is 1.51. The minimum atomic E-state index is -0.255. The molecule has 0 unspecified atom stereocenters. The molecule has 3 aromatic rings. The summed E-state index contributed by atoms with van der Waals surface area (Å²) in [6.45, 7) is 4.70. The molecular weight excluding hydrogens is 400 g/mol. The number of hydrogen-bond donors (Lipinski definition) is 1. The molecule has 0 saturated carbocycles. The Morgan fingerprint density at radius 2 is 1.93 bits per heavy atom. The van der Waals surface area contributed by atoms with Crippen LogP contribution >= 0.6 is 11.3 Å². The zero-order chi connectivity index (χ0) is 21.4. The van der Waals surface area contributed by atoms with Gasteiger partial charge in [-0.3, -0.25) is 14.4 Å². The number of aromatic amines is 1. The highest BCUT2D eigenvalue weighted by Gasteiger charge is 2.28. The summed E-state index contributed by atoms with van der Waals surface area (Å²) in [7, 11) is 1.68. The molecule has 30 heavy (non-hydrogen) atoms. The third-order valence-electron chi connectivity index (χ3n) is 5.83. The number of likely N-dealkylation sites (tertiary alicyclic amines) is 1. The Labute approximate surface area is 178 Å². The predicted molar refractivity (Wildman–Crippen MR) is 117 cm³/mol. The van der Waals surface area contributed by atoms with Gasteiger partial charge < -0.3 is 14.5 Å². The molecule has 7 nitrogen and oxygen atoms in total. The fraction of sp³-hybridized carbons (Fsp3) is 0.364. The number of piperidine rings is 1. The number of carbonyl (C=O) groups is 1. The molecule has 8 heteroatoms. The first-order valence-corrected chi connectivity index (χ1v) is 10.9. The van der Waals surface area contributed by atoms with E-state index in [0.717, 1.165) is 11.3 Å². The van der Waals surface area contributed by atoms with Crippen LogP contribution in [0.5, 0.6) is 0 Å². The van der Waals surface area contributed by atoms with Crippen LogP contribution in [0.2, 0.25) is 0 Å². The molecule has 1 aliphatic rings. The summed E-state index contributed by atoms with van der Waals surface area (Å²) >= 11 is 1.56. The maximum absolute atomic E-state index is 13.1. The van der Waals surface area contributed by atoms with Crippen molar-refractivity contribution in [3.63, 3.8) is 0 Å². The van der Waals surface area contributed by atoms with Gasteiger partial charge in [0.1, 0.15) is 11.4 Å². The number of aromatic nitrogens is 3. The van der Waals surface area contributed by atoms with E-state index in [9.17, 15) is 14.4 Å². The molecule has 0 radical (unpaired) electrons. The molecule has 4 rings (SSSR count). The van der Waals surface area contributed by atoms with Crippen molar-refractivity contribution in [2.45, 2.75) is 32.6 Å². The van der Waals surface area contributed by atoms with Gasteiger partial charge in [-0.25, -0.2) is 4.98 Å². The summed E-state index contributed by atoms with van der Waals surface area (Å²) in [6, 6.07) is 5.33. The monoisotopic (exact) mass is 424 g/mol. The van der Waals surface area contributed by atoms with Gasteiger partial charge in [0.05, 0.1) is 5.69 Å². The largest absolute Gasteiger partial charge is 0.338 e. The first-order valence-electron chi connectivity index (χ1n) is 9.95. The molecule has 1 amide bonds. The normalized spacial score (nSPS) is 14.8. The topological polar surface area (TPSA) is 88.1 Å². The average molecular weight is 425 g/mol. The summed E-state index contributed by atoms with van der Waals surface area (Å²) in [5.41, 5.74) is 2.96. The molecule has 0 bridgehead atoms. The quantitative estimate of drug-likeness (QED) is 0.700. The first-order chi connectivity index (χ1) is 14.3. The molecule has 1 fully saturated rings. The van der Waals surface area contributed by atoms with Gasteiger partial charge in [-0.2, -0.15) is 11.3 Å². The number of pyridine rings is 1. The van der Waals surface area contributed by atoms with Crippen molar-refractivity contribution in [2.75, 3.05) is 13.1 Å². The Bertz CT molecular complexity index is 1200. The molecule has 4 heterocycles. The van der Waals surface area contributed by atoms with E-state index in [2.05, 4.69) is 9.97 Å². The standard InChI is InChI=1S/C22H24N4O3S/c1-13-10-14(2)25(3)21(28)19(13)22(29)26-7-4-15(5-8-26)20-23-17(11-18(27)24-20)16-6-9-30-12-16/h6,9-12,15H,4-5,7-8H2,1-3H3,(H,23,24,27). The number of carbonyl (C=O) groups excluding carboxylic acids is 1. The van der Waals surface area contributed by atoms with E-state index in [-0.39, 0.29) is 28.5 Å². The van der Waals surface area contributed by atoms with Gasteiger partial charge in [0.25, 0.3) is 17.0 Å². The van der Waals surface area contributed by atoms with Gasteiger partial charge in [-0.15, -0.1) is 0 Å². The van der Waals surface area contributed by atoms with E-state index in [1.54, 1.807) is 30.2 Å². The Hall–Kier alpha value is -3.00. The van der Waals surface area contributed by atoms with E-state index in [1.807, 2.05) is 29.8 Å². The minimum absolute atomic E-state index is 0.0716. The third-order valence-corrected chi connectivity index (χ3v) is 6.51. The smallest absolute Gasteiger partial charge is 0.263 e. The van der Waals surface area contributed by atoms with Crippen molar-refractivity contribution >= 4 is 17.2 Å². The maximum Gasteiger partial charge on any atom is 0.263 e. The number of amides is 1. The molecule has 3 aromatic heterocycles. The minimum Gasteiger partial charge on any atom is -0.338 e. The molecule has 1 saturated heterocycles. The van der Waals surface area contributed by atoms with Crippen LogP contribution in [0.1, 0.15) is 46.2 Å². The lowest BCUT2D eigenvalue weighted by molar-refractivity contribution is 0.0707. The summed E-state index contributed by atoms with van der Waals surface area (Å²) in [4.78, 5) is 47.1. The van der Waals surface area contributed by atoms with Crippen LogP contribution in [0.25, 0.3) is 11.3 Å². The summed E-state index contributed by atoms with van der Waals surface area (Å²) in [6.07, 6.45) is 1.37. The van der Waals surface area contributed by atoms with Crippen LogP contribution in [0.3, 0.4) is 0 Å². The average Bonchev–Trinajstić information content (AvgIpc) is 3.27. The van der Waals surface area contributed by atoms with Crippen LogP contribution in [-0.2, 0) is 7.05 Å². The number of H-pyrrole nitrogens is 1. The molecule has 0 aromatic carbocycles. The van der Waals surface area contributed by atoms with Crippen molar-refractivity contribution in [3.05, 3.63) is 72.3 Å². The molecule has 0 spiro atoms. The van der Waals surface area contributed by atoms with Crippen molar-refractivity contribution < 1.29 is 4.79 Å². The lowest BCUT2D eigenvalue weighted by atomic mass is 9.95. The first kappa shape index (κ1) is 20.3. The van der Waals surface area contributed by atoms with E-state index < -0.39 is 0 Å². The van der Waals surface area contributed by atoms with Gasteiger partial charge in [-0.05, 0) is 49.8 Å². The third kappa shape index (κ3) is 3.75. The Balaban J connectivity index is 1.53. The molecule has 156 valence electrons. The zero-order valence-corrected chi connectivity index (χ0v) is 18.1. The highest BCUT2D eigenvalue weighted by molar-refractivity contribution is 7.08. The van der Waals surface area contributed by atoms with Gasteiger partial charge in [0.2, 0.25) is 0 Å². The number of hydrogen-bond acceptors (Lipinski definition) is 5. The number of nitrogens with one attached hydrogen (secondary N) is 1. The van der Waals surface area contributed by atoms with E-state index >= 15 is 0 Å². The molecule has 0 aliphatic carbocycles. The second kappa shape index (κ2) is 8.02. The maximum atomic E-state index is 13.1. The molecular formula is C22H24N4O3S. The number of thiophene rings is 1. The highest BCUT2D eigenvalue weighted by Crippen LogP contribution is 2.28.